The molecule has 0 aromatic heterocycles. The molecule has 3 aromatic rings. The first-order chi connectivity index (χ1) is 14.5. The van der Waals surface area contributed by atoms with Crippen molar-refractivity contribution in [1.82, 2.24) is 0 Å². The van der Waals surface area contributed by atoms with E-state index in [9.17, 15) is 9.59 Å². The highest BCUT2D eigenvalue weighted by atomic mass is 16.5. The minimum absolute atomic E-state index is 0.195. The molecule has 30 heavy (non-hydrogen) atoms. The van der Waals surface area contributed by atoms with Crippen LogP contribution in [0.2, 0.25) is 0 Å². The lowest BCUT2D eigenvalue weighted by Crippen LogP contribution is -2.14. The van der Waals surface area contributed by atoms with E-state index >= 15 is 0 Å². The summed E-state index contributed by atoms with van der Waals surface area (Å²) in [5, 5.41) is 18.1. The van der Waals surface area contributed by atoms with Gasteiger partial charge in [-0.05, 0) is 43.3 Å². The SMILES string of the molecule is Cc1ccc(C(=O)COC(=O)c2cccc(Oc3ccc(C#N)c(C#N)c3)c2)cc1. The summed E-state index contributed by atoms with van der Waals surface area (Å²) in [6.45, 7) is 1.55. The molecule has 0 saturated carbocycles. The first-order valence-electron chi connectivity index (χ1n) is 8.99. The zero-order valence-electron chi connectivity index (χ0n) is 16.1. The van der Waals surface area contributed by atoms with E-state index in [1.807, 2.05) is 31.2 Å². The summed E-state index contributed by atoms with van der Waals surface area (Å²) < 4.78 is 10.8. The number of ether oxygens (including phenoxy) is 2. The van der Waals surface area contributed by atoms with Crippen LogP contribution >= 0.6 is 0 Å². The first-order valence-corrected chi connectivity index (χ1v) is 8.99. The van der Waals surface area contributed by atoms with Crippen molar-refractivity contribution >= 4 is 11.8 Å². The van der Waals surface area contributed by atoms with E-state index in [0.29, 0.717) is 17.1 Å². The summed E-state index contributed by atoms with van der Waals surface area (Å²) in [5.74, 6) is -0.246. The van der Waals surface area contributed by atoms with Gasteiger partial charge in [-0.15, -0.1) is 0 Å². The van der Waals surface area contributed by atoms with Crippen LogP contribution in [0.15, 0.2) is 66.7 Å². The molecule has 0 aliphatic rings. The molecule has 0 amide bonds. The number of rotatable bonds is 6. The van der Waals surface area contributed by atoms with Gasteiger partial charge in [0.25, 0.3) is 0 Å². The summed E-state index contributed by atoms with van der Waals surface area (Å²) in [5.41, 5.74) is 2.17. The highest BCUT2D eigenvalue weighted by Gasteiger charge is 2.13. The first kappa shape index (κ1) is 20.3. The molecule has 0 radical (unpaired) electrons. The summed E-state index contributed by atoms with van der Waals surface area (Å²) in [6.07, 6.45) is 0. The molecule has 0 unspecified atom stereocenters. The fourth-order valence-electron chi connectivity index (χ4n) is 2.64. The predicted octanol–water partition coefficient (Wildman–Crippen LogP) is 4.57. The highest BCUT2D eigenvalue weighted by Crippen LogP contribution is 2.25. The van der Waals surface area contributed by atoms with Gasteiger partial charge < -0.3 is 9.47 Å². The molecule has 6 heteroatoms. The third-order valence-corrected chi connectivity index (χ3v) is 4.25. The third kappa shape index (κ3) is 4.89. The zero-order chi connectivity index (χ0) is 21.5. The number of carbonyl (C=O) groups excluding carboxylic acids is 2. The van der Waals surface area contributed by atoms with Gasteiger partial charge in [0.05, 0.1) is 16.7 Å². The summed E-state index contributed by atoms with van der Waals surface area (Å²) in [7, 11) is 0. The quantitative estimate of drug-likeness (QED) is 0.447. The second-order valence-electron chi connectivity index (χ2n) is 6.43. The second-order valence-corrected chi connectivity index (χ2v) is 6.43. The van der Waals surface area contributed by atoms with Crippen LogP contribution in [0.3, 0.4) is 0 Å². The number of hydrogen-bond donors (Lipinski definition) is 0. The van der Waals surface area contributed by atoms with Crippen LogP contribution in [0.5, 0.6) is 11.5 Å². The Morgan fingerprint density at radius 3 is 2.23 bits per heavy atom. The third-order valence-electron chi connectivity index (χ3n) is 4.25. The van der Waals surface area contributed by atoms with Gasteiger partial charge in [-0.1, -0.05) is 35.9 Å². The van der Waals surface area contributed by atoms with E-state index < -0.39 is 5.97 Å². The maximum absolute atomic E-state index is 12.3. The monoisotopic (exact) mass is 396 g/mol. The van der Waals surface area contributed by atoms with Crippen molar-refractivity contribution in [2.75, 3.05) is 6.61 Å². The Bertz CT molecular complexity index is 1190. The molecule has 0 N–H and O–H groups in total. The van der Waals surface area contributed by atoms with Gasteiger partial charge in [0.15, 0.2) is 12.4 Å². The van der Waals surface area contributed by atoms with Crippen LogP contribution < -0.4 is 4.74 Å². The predicted molar refractivity (Wildman–Crippen MR) is 108 cm³/mol. The number of aryl methyl sites for hydroxylation is 1. The van der Waals surface area contributed by atoms with Crippen molar-refractivity contribution in [2.24, 2.45) is 0 Å². The maximum Gasteiger partial charge on any atom is 0.338 e. The molecule has 0 heterocycles. The Morgan fingerprint density at radius 2 is 1.53 bits per heavy atom. The number of nitriles is 2. The van der Waals surface area contributed by atoms with Gasteiger partial charge in [0.2, 0.25) is 0 Å². The summed E-state index contributed by atoms with van der Waals surface area (Å²) in [4.78, 5) is 24.5. The normalized spacial score (nSPS) is 9.83. The van der Waals surface area contributed by atoms with Crippen molar-refractivity contribution in [1.29, 1.82) is 10.5 Å². The van der Waals surface area contributed by atoms with E-state index in [0.717, 1.165) is 5.56 Å². The van der Waals surface area contributed by atoms with Crippen LogP contribution in [-0.4, -0.2) is 18.4 Å². The molecule has 0 spiro atoms. The minimum atomic E-state index is -0.654. The average Bonchev–Trinajstić information content (AvgIpc) is 2.77. The van der Waals surface area contributed by atoms with Gasteiger partial charge >= 0.3 is 5.97 Å². The molecule has 146 valence electrons. The Hall–Kier alpha value is -4.42. The molecule has 0 aliphatic heterocycles. The molecule has 0 aliphatic carbocycles. The number of carbonyl (C=O) groups is 2. The van der Waals surface area contributed by atoms with Crippen LogP contribution in [0.4, 0.5) is 0 Å². The number of benzene rings is 3. The molecule has 0 fully saturated rings. The smallest absolute Gasteiger partial charge is 0.338 e. The highest BCUT2D eigenvalue weighted by molar-refractivity contribution is 5.99. The molecule has 3 aromatic carbocycles. The van der Waals surface area contributed by atoms with Crippen molar-refractivity contribution in [2.45, 2.75) is 6.92 Å². The fourth-order valence-corrected chi connectivity index (χ4v) is 2.64. The summed E-state index contributed by atoms with van der Waals surface area (Å²) >= 11 is 0. The Kier molecular flexibility index (Phi) is 6.22. The Labute approximate surface area is 173 Å². The van der Waals surface area contributed by atoms with Gasteiger partial charge in [0, 0.05) is 5.56 Å². The molecule has 3 rings (SSSR count). The lowest BCUT2D eigenvalue weighted by molar-refractivity contribution is 0.0474. The van der Waals surface area contributed by atoms with Crippen LogP contribution in [0.1, 0.15) is 37.4 Å². The lowest BCUT2D eigenvalue weighted by atomic mass is 10.1. The van der Waals surface area contributed by atoms with Crippen molar-refractivity contribution in [3.05, 3.63) is 94.5 Å². The Balaban J connectivity index is 1.67. The molecular weight excluding hydrogens is 380 g/mol. The summed E-state index contributed by atoms with van der Waals surface area (Å²) in [6, 6.07) is 21.6. The zero-order valence-corrected chi connectivity index (χ0v) is 16.1. The van der Waals surface area contributed by atoms with Crippen LogP contribution in [0, 0.1) is 29.6 Å². The van der Waals surface area contributed by atoms with Gasteiger partial charge in [-0.25, -0.2) is 4.79 Å². The number of esters is 1. The number of hydrogen-bond acceptors (Lipinski definition) is 6. The molecule has 0 atom stereocenters. The van der Waals surface area contributed by atoms with Gasteiger partial charge in [0.1, 0.15) is 23.6 Å². The topological polar surface area (TPSA) is 100 Å². The number of nitrogens with zero attached hydrogens (tertiary/aromatic N) is 2. The maximum atomic E-state index is 12.3. The van der Waals surface area contributed by atoms with E-state index in [2.05, 4.69) is 0 Å². The molecular formula is C24H16N2O4. The molecule has 6 nitrogen and oxygen atoms in total. The standard InChI is InChI=1S/C24H16N2O4/c1-16-5-7-17(8-6-16)23(27)15-29-24(28)18-3-2-4-21(11-18)30-22-10-9-19(13-25)20(12-22)14-26/h2-12H,15H2,1H3. The van der Waals surface area contributed by atoms with Gasteiger partial charge in [-0.3, -0.25) is 4.79 Å². The minimum Gasteiger partial charge on any atom is -0.457 e. The second kappa shape index (κ2) is 9.18. The van der Waals surface area contributed by atoms with E-state index in [4.69, 9.17) is 20.0 Å². The lowest BCUT2D eigenvalue weighted by Gasteiger charge is -2.09. The van der Waals surface area contributed by atoms with Crippen LogP contribution in [-0.2, 0) is 4.74 Å². The average molecular weight is 396 g/mol. The van der Waals surface area contributed by atoms with Crippen LogP contribution in [0.25, 0.3) is 0 Å². The van der Waals surface area contributed by atoms with E-state index in [1.165, 1.54) is 18.2 Å². The van der Waals surface area contributed by atoms with Gasteiger partial charge in [-0.2, -0.15) is 10.5 Å². The molecule has 0 saturated heterocycles. The number of Topliss-reactive ketones (excluding diaryl/α,β-unsaturated/α-hetero) is 1. The fraction of sp³-hybridized carbons (Fsp3) is 0.0833. The molecule has 0 bridgehead atoms. The van der Waals surface area contributed by atoms with Crippen molar-refractivity contribution in [3.63, 3.8) is 0 Å². The number of ketones is 1. The largest absolute Gasteiger partial charge is 0.457 e. The van der Waals surface area contributed by atoms with Crippen molar-refractivity contribution in [3.8, 4) is 23.6 Å². The Morgan fingerprint density at radius 1 is 0.833 bits per heavy atom. The van der Waals surface area contributed by atoms with E-state index in [-0.39, 0.29) is 29.1 Å². The van der Waals surface area contributed by atoms with E-state index in [1.54, 1.807) is 36.4 Å². The van der Waals surface area contributed by atoms with Crippen molar-refractivity contribution < 1.29 is 19.1 Å².